The number of para-hydroxylation sites is 1. The summed E-state index contributed by atoms with van der Waals surface area (Å²) >= 11 is -0.423. The van der Waals surface area contributed by atoms with Crippen molar-refractivity contribution in [2.75, 3.05) is 7.11 Å². The van der Waals surface area contributed by atoms with Gasteiger partial charge in [-0.15, -0.1) is 0 Å². The number of phenols is 1. The Morgan fingerprint density at radius 2 is 0.585 bits per heavy atom. The Bertz CT molecular complexity index is 5160. The van der Waals surface area contributed by atoms with Crippen LogP contribution in [-0.2, 0) is 67.3 Å². The van der Waals surface area contributed by atoms with E-state index in [2.05, 4.69) is 209 Å². The Hall–Kier alpha value is -10.5. The maximum Gasteiger partial charge on any atom is 0.416 e. The van der Waals surface area contributed by atoms with Crippen molar-refractivity contribution in [1.29, 1.82) is 0 Å². The molecule has 0 bridgehead atoms. The van der Waals surface area contributed by atoms with Gasteiger partial charge in [0.05, 0.1) is 44.5 Å². The summed E-state index contributed by atoms with van der Waals surface area (Å²) in [6.07, 6.45) is -54.8. The average Bonchev–Trinajstić information content (AvgIpc) is 0.733. The number of aromatic nitrogens is 1. The van der Waals surface area contributed by atoms with Crippen LogP contribution in [0, 0.1) is 55.4 Å². The molecule has 0 radical (unpaired) electrons. The van der Waals surface area contributed by atoms with Crippen molar-refractivity contribution in [3.8, 4) is 33.8 Å². The number of ether oxygens (including phenoxy) is 1. The van der Waals surface area contributed by atoms with Gasteiger partial charge in [-0.25, -0.2) is 0 Å². The van der Waals surface area contributed by atoms with Gasteiger partial charge in [-0.2, -0.15) is 139 Å². The van der Waals surface area contributed by atoms with Crippen LogP contribution in [0.2, 0.25) is 0 Å². The molecule has 0 fully saturated rings. The van der Waals surface area contributed by atoms with Crippen LogP contribution in [-0.4, -0.2) is 28.3 Å². The van der Waals surface area contributed by atoms with Crippen molar-refractivity contribution in [2.45, 2.75) is 131 Å². The van der Waals surface area contributed by atoms with Crippen LogP contribution in [0.3, 0.4) is 0 Å². The van der Waals surface area contributed by atoms with E-state index in [1.54, 1.807) is 7.11 Å². The van der Waals surface area contributed by atoms with Crippen molar-refractivity contribution in [3.05, 3.63) is 331 Å². The van der Waals surface area contributed by atoms with Gasteiger partial charge >= 0.3 is 149 Å². The zero-order chi connectivity index (χ0) is 91.5. The van der Waals surface area contributed by atoms with Gasteiger partial charge in [-0.05, 0) is 148 Å². The minimum Gasteiger partial charge on any atom is -0.665 e. The first kappa shape index (κ1) is 96.3. The molecule has 12 aromatic rings. The van der Waals surface area contributed by atoms with E-state index in [0.29, 0.717) is 5.75 Å². The Morgan fingerprint density at radius 3 is 0.813 bits per heavy atom. The van der Waals surface area contributed by atoms with Crippen LogP contribution in [0.15, 0.2) is 240 Å². The molecule has 1 aromatic heterocycles. The molecule has 0 aliphatic rings. The van der Waals surface area contributed by atoms with E-state index in [0.717, 1.165) is 45.0 Å². The molecule has 12 rings (SSSR count). The molecule has 1 heterocycles. The average molecular weight is 1840 g/mol. The predicted molar refractivity (Wildman–Crippen MR) is 432 cm³/mol. The van der Waals surface area contributed by atoms with Crippen molar-refractivity contribution in [1.82, 2.24) is 4.98 Å². The Balaban J connectivity index is 0.000000226. The van der Waals surface area contributed by atoms with Gasteiger partial charge < -0.3 is 10.1 Å². The third kappa shape index (κ3) is 22.7. The van der Waals surface area contributed by atoms with Crippen LogP contribution in [0.5, 0.6) is 11.5 Å². The maximum atomic E-state index is 14.2. The largest absolute Gasteiger partial charge is 0.665 e. The second kappa shape index (κ2) is 36.7. The minimum absolute atomic E-state index is 0.0841. The maximum absolute atomic E-state index is 14.2. The molecule has 31 heteroatoms. The molecule has 123 heavy (non-hydrogen) atoms. The Morgan fingerprint density at radius 1 is 0.333 bits per heavy atom. The number of halogens is 24. The Kier molecular flexibility index (Phi) is 28.8. The van der Waals surface area contributed by atoms with Crippen molar-refractivity contribution in [2.24, 2.45) is 3.50 Å². The number of rotatable bonds is 12. The predicted octanol–water partition coefficient (Wildman–Crippen LogP) is 24.6. The summed E-state index contributed by atoms with van der Waals surface area (Å²) in [5.41, 5.74) is -15.6. The molecule has 0 unspecified atom stereocenters. The van der Waals surface area contributed by atoms with Crippen LogP contribution < -0.4 is 52.8 Å². The summed E-state index contributed by atoms with van der Waals surface area (Å²) < 4.78 is 353. The third-order valence-corrected chi connectivity index (χ3v) is 26.5. The third-order valence-electron chi connectivity index (χ3n) is 19.8. The second-order valence-corrected chi connectivity index (χ2v) is 35.2. The van der Waals surface area contributed by atoms with Crippen LogP contribution in [0.4, 0.5) is 105 Å². The molecule has 0 amide bonds. The van der Waals surface area contributed by atoms with E-state index >= 15 is 0 Å². The molecule has 0 saturated carbocycles. The topological polar surface area (TPSA) is 55.9 Å². The number of benzene rings is 11. The van der Waals surface area contributed by atoms with E-state index in [9.17, 15) is 110 Å². The summed E-state index contributed by atoms with van der Waals surface area (Å²) in [5, 5.41) is 17.4. The van der Waals surface area contributed by atoms with Gasteiger partial charge in [0.2, 0.25) is 0 Å². The monoisotopic (exact) mass is 1840 g/mol. The first-order chi connectivity index (χ1) is 56.8. The number of nitrogens with zero attached hydrogens (tertiary/aromatic N) is 2. The fraction of sp³-hybridized carbons (Fsp3) is 0.228. The minimum atomic E-state index is -6.13. The summed E-state index contributed by atoms with van der Waals surface area (Å²) in [5.74, 6) is 1.28. The molecular weight excluding hydrogens is 1760 g/mol. The van der Waals surface area contributed by atoms with Gasteiger partial charge in [-0.3, -0.25) is 0 Å². The molecule has 1 N–H and O–H groups in total. The SMILES string of the molecule is COc1ccccc1[CH]=[Mo]=[N]C(C)(C)C.Cc1cc(C)c(-c2cc([P+](c3ccccc3)(c3ccccc3)c3ccccc3)cc(-c3c(C)cc(C)cc3C)c2O)c(C)c1.Cc1ccc(C)[n-]1.FC(F)(F)c1cc([B-](c2cc(C(F)(F)F)cc(C(F)(F)F)c2)(c2cc(C(F)(F)F)cc(C(F)(F)F)c2)c2cc(C(F)(F)F)cc(C(F)(F)F)c2)cc(C(F)(F)F)c1. The number of phenolic OH excluding ortho intramolecular Hbond substituents is 1. The van der Waals surface area contributed by atoms with E-state index in [1.165, 1.54) is 54.6 Å². The number of methoxy groups -OCH3 is 1. The standard InChI is InChI=1S/C42H39OP.C32H12BF24.C8H8O.C6H8N.C4H9N.Mo/c1-28-22-30(3)40(31(4)23-28)38-26-37(27-39(42(38)43)41-32(5)24-29(2)25-33(41)6)44(34-16-10-7-11-17-34,35-18-12-8-13-19-35)36-20-14-9-15-21-36;34-25(35,36)13-1-14(26(37,38)39)6-21(5-13)33(22-7-15(27(40,41)42)2-16(8-22)28(43,44)45,23-9-17(29(46,47)48)3-18(10-23)30(49,50)51)24-11-19(31(52,53)54)4-20(12-24)32(55,56)57;1-7-5-3-4-6-8(7)9-2;1-5-3-4-6(2)7-5;1-4(2,3)5;/h7-27H,1-6H3;1-12H;1,3-6H,2H3;3-4H,1-2H3;1-3H3;/q;-1;;-1;;/p+1. The summed E-state index contributed by atoms with van der Waals surface area (Å²) in [4.78, 5) is 4.11. The van der Waals surface area contributed by atoms with Gasteiger partial charge in [0, 0.05) is 11.1 Å². The normalized spacial score (nSPS) is 12.6. The Labute approximate surface area is 702 Å². The molecule has 11 aromatic carbocycles. The van der Waals surface area contributed by atoms with E-state index in [-0.39, 0.29) is 5.54 Å². The molecule has 0 aliphatic carbocycles. The number of alkyl halides is 24. The van der Waals surface area contributed by atoms with Gasteiger partial charge in [0.1, 0.15) is 40.4 Å². The molecule has 4 nitrogen and oxygen atoms in total. The zero-order valence-electron chi connectivity index (χ0n) is 67.3. The fourth-order valence-corrected chi connectivity index (χ4v) is 20.9. The quantitative estimate of drug-likeness (QED) is 0.0753. The van der Waals surface area contributed by atoms with Crippen molar-refractivity contribution >= 4 is 60.9 Å². The van der Waals surface area contributed by atoms with Gasteiger partial charge in [0.15, 0.2) is 0 Å². The number of hydrogen-bond acceptors (Lipinski definition) is 3. The smallest absolute Gasteiger partial charge is 0.416 e. The van der Waals surface area contributed by atoms with E-state index < -0.39 is 220 Å². The summed E-state index contributed by atoms with van der Waals surface area (Å²) in [6, 6.07) is 49.7. The van der Waals surface area contributed by atoms with E-state index in [4.69, 9.17) is 4.74 Å². The second-order valence-electron chi connectivity index (χ2n) is 30.3. The number of aryl methyl sites for hydroxylation is 8. The summed E-state index contributed by atoms with van der Waals surface area (Å²) in [6.45, 7) is 23.3. The van der Waals surface area contributed by atoms with Gasteiger partial charge in [0.25, 0.3) is 0 Å². The molecule has 0 saturated heterocycles. The molecular formula is C92H77BF24MoN2O2P-. The van der Waals surface area contributed by atoms with Crippen molar-refractivity contribution < 1.29 is 133 Å². The first-order valence-corrected chi connectivity index (χ1v) is 41.0. The number of hydrogen-bond donors (Lipinski definition) is 1. The number of aromatic hydroxyl groups is 1. The van der Waals surface area contributed by atoms with E-state index in [1.807, 2.05) is 44.2 Å². The van der Waals surface area contributed by atoms with Crippen molar-refractivity contribution in [3.63, 3.8) is 0 Å². The summed E-state index contributed by atoms with van der Waals surface area (Å²) in [7, 11) is -0.708. The van der Waals surface area contributed by atoms with Crippen LogP contribution in [0.1, 0.15) is 116 Å². The molecule has 650 valence electrons. The zero-order valence-corrected chi connectivity index (χ0v) is 70.2. The fourth-order valence-electron chi connectivity index (χ4n) is 14.9. The van der Waals surface area contributed by atoms with Crippen LogP contribution >= 0.6 is 7.26 Å². The molecule has 0 spiro atoms. The first-order valence-electron chi connectivity index (χ1n) is 37.2. The van der Waals surface area contributed by atoms with Gasteiger partial charge in [-0.1, -0.05) is 165 Å². The molecule has 0 aliphatic heterocycles. The molecule has 0 atom stereocenters. The van der Waals surface area contributed by atoms with Crippen LogP contribution in [0.25, 0.3) is 22.3 Å².